The molecule has 0 radical (unpaired) electrons. The molecule has 1 atom stereocenters. The fraction of sp³-hybridized carbons (Fsp3) is 0.385. The van der Waals surface area contributed by atoms with Crippen LogP contribution in [-0.2, 0) is 6.54 Å². The molecule has 0 aliphatic carbocycles. The lowest BCUT2D eigenvalue weighted by molar-refractivity contribution is 0.511. The van der Waals surface area contributed by atoms with Crippen molar-refractivity contribution in [2.24, 2.45) is 5.84 Å². The number of rotatable bonds is 5. The molecule has 0 saturated carbocycles. The third-order valence-electron chi connectivity index (χ3n) is 3.17. The first-order valence-corrected chi connectivity index (χ1v) is 6.66. The van der Waals surface area contributed by atoms with E-state index >= 15 is 0 Å². The molecule has 5 nitrogen and oxygen atoms in total. The normalized spacial score (nSPS) is 12.6. The van der Waals surface area contributed by atoms with Gasteiger partial charge in [-0.3, -0.25) is 5.84 Å². The zero-order chi connectivity index (χ0) is 13.8. The van der Waals surface area contributed by atoms with E-state index < -0.39 is 0 Å². The Hall–Kier alpha value is -1.43. The van der Waals surface area contributed by atoms with E-state index in [2.05, 4.69) is 22.7 Å². The maximum Gasteiger partial charge on any atom is 0.0897 e. The fourth-order valence-corrected chi connectivity index (χ4v) is 2.33. The van der Waals surface area contributed by atoms with E-state index in [1.807, 2.05) is 29.8 Å². The first kappa shape index (κ1) is 14.0. The van der Waals surface area contributed by atoms with E-state index in [0.29, 0.717) is 0 Å². The average Bonchev–Trinajstić information content (AvgIpc) is 2.84. The Morgan fingerprint density at radius 2 is 2.26 bits per heavy atom. The van der Waals surface area contributed by atoms with E-state index in [0.717, 1.165) is 34.8 Å². The van der Waals surface area contributed by atoms with Gasteiger partial charge in [-0.1, -0.05) is 35.9 Å². The summed E-state index contributed by atoms with van der Waals surface area (Å²) >= 11 is 6.17. The molecule has 0 saturated heterocycles. The number of hydrogen-bond donors (Lipinski definition) is 2. The van der Waals surface area contributed by atoms with Gasteiger partial charge in [-0.25, -0.2) is 10.1 Å². The third-order valence-corrected chi connectivity index (χ3v) is 3.58. The Balaban J connectivity index is 2.44. The van der Waals surface area contributed by atoms with E-state index in [1.54, 1.807) is 6.20 Å². The number of benzene rings is 1. The molecule has 0 fully saturated rings. The van der Waals surface area contributed by atoms with Gasteiger partial charge in [0.05, 0.1) is 17.9 Å². The van der Waals surface area contributed by atoms with Crippen LogP contribution >= 0.6 is 11.6 Å². The molecule has 2 aromatic rings. The summed E-state index contributed by atoms with van der Waals surface area (Å²) in [5, 5.41) is 8.79. The van der Waals surface area contributed by atoms with Crippen LogP contribution in [0.15, 0.2) is 24.4 Å². The first-order chi connectivity index (χ1) is 9.19. The Morgan fingerprint density at radius 3 is 2.95 bits per heavy atom. The Morgan fingerprint density at radius 1 is 1.47 bits per heavy atom. The van der Waals surface area contributed by atoms with Crippen molar-refractivity contribution in [1.82, 2.24) is 20.4 Å². The molecule has 19 heavy (non-hydrogen) atoms. The number of aromatic nitrogens is 3. The lowest BCUT2D eigenvalue weighted by atomic mass is 9.99. The van der Waals surface area contributed by atoms with E-state index in [9.17, 15) is 0 Å². The Kier molecular flexibility index (Phi) is 4.52. The molecule has 2 rings (SSSR count). The molecular weight excluding hydrogens is 262 g/mol. The number of aryl methyl sites for hydroxylation is 1. The van der Waals surface area contributed by atoms with Crippen molar-refractivity contribution in [1.29, 1.82) is 0 Å². The van der Waals surface area contributed by atoms with E-state index in [4.69, 9.17) is 17.4 Å². The molecule has 3 N–H and O–H groups in total. The van der Waals surface area contributed by atoms with Gasteiger partial charge in [0, 0.05) is 11.6 Å². The van der Waals surface area contributed by atoms with Gasteiger partial charge in [-0.2, -0.15) is 0 Å². The molecule has 6 heteroatoms. The number of hydrogen-bond acceptors (Lipinski definition) is 4. The van der Waals surface area contributed by atoms with Crippen LogP contribution in [0.5, 0.6) is 0 Å². The number of hydrazine groups is 1. The van der Waals surface area contributed by atoms with Gasteiger partial charge in [-0.15, -0.1) is 5.10 Å². The van der Waals surface area contributed by atoms with Crippen molar-refractivity contribution in [3.63, 3.8) is 0 Å². The molecule has 0 aliphatic rings. The number of nitrogens with zero attached hydrogens (tertiary/aromatic N) is 3. The molecule has 0 aliphatic heterocycles. The van der Waals surface area contributed by atoms with Gasteiger partial charge in [0.2, 0.25) is 0 Å². The van der Waals surface area contributed by atoms with Gasteiger partial charge in [0.1, 0.15) is 0 Å². The predicted molar refractivity (Wildman–Crippen MR) is 75.7 cm³/mol. The van der Waals surface area contributed by atoms with Gasteiger partial charge in [-0.05, 0) is 30.5 Å². The van der Waals surface area contributed by atoms with Crippen molar-refractivity contribution in [3.8, 4) is 0 Å². The Bertz CT molecular complexity index is 552. The number of nitrogens with one attached hydrogen (secondary N) is 1. The summed E-state index contributed by atoms with van der Waals surface area (Å²) in [5.41, 5.74) is 5.81. The fourth-order valence-electron chi connectivity index (χ4n) is 2.15. The van der Waals surface area contributed by atoms with Crippen LogP contribution in [0.25, 0.3) is 0 Å². The topological polar surface area (TPSA) is 68.8 Å². The highest BCUT2D eigenvalue weighted by atomic mass is 35.5. The molecule has 1 aromatic heterocycles. The van der Waals surface area contributed by atoms with Crippen molar-refractivity contribution in [3.05, 3.63) is 46.2 Å². The third kappa shape index (κ3) is 2.78. The second-order valence-corrected chi connectivity index (χ2v) is 4.84. The summed E-state index contributed by atoms with van der Waals surface area (Å²) in [6.07, 6.45) is 2.72. The summed E-state index contributed by atoms with van der Waals surface area (Å²) in [6.45, 7) is 4.89. The molecule has 1 aromatic carbocycles. The molecular formula is C13H18ClN5. The molecule has 0 bridgehead atoms. The summed E-state index contributed by atoms with van der Waals surface area (Å²) in [7, 11) is 0. The highest BCUT2D eigenvalue weighted by Crippen LogP contribution is 2.27. The maximum absolute atomic E-state index is 6.17. The summed E-state index contributed by atoms with van der Waals surface area (Å²) in [4.78, 5) is 0. The number of halogens is 1. The van der Waals surface area contributed by atoms with Crippen molar-refractivity contribution >= 4 is 11.6 Å². The maximum atomic E-state index is 6.17. The first-order valence-electron chi connectivity index (χ1n) is 6.28. The van der Waals surface area contributed by atoms with Gasteiger partial charge < -0.3 is 0 Å². The zero-order valence-electron chi connectivity index (χ0n) is 11.1. The monoisotopic (exact) mass is 279 g/mol. The smallest absolute Gasteiger partial charge is 0.0897 e. The zero-order valence-corrected chi connectivity index (χ0v) is 11.9. The molecule has 0 spiro atoms. The van der Waals surface area contributed by atoms with E-state index in [-0.39, 0.29) is 6.04 Å². The molecule has 1 heterocycles. The SMILES string of the molecule is CCCn1nncc1C(NN)c1cccc(Cl)c1C. The predicted octanol–water partition coefficient (Wildman–Crippen LogP) is 2.20. The van der Waals surface area contributed by atoms with Gasteiger partial charge in [0.15, 0.2) is 0 Å². The second kappa shape index (κ2) is 6.14. The minimum atomic E-state index is -0.166. The lowest BCUT2D eigenvalue weighted by Gasteiger charge is -2.19. The molecule has 0 amide bonds. The largest absolute Gasteiger partial charge is 0.271 e. The molecule has 102 valence electrons. The molecule has 1 unspecified atom stereocenters. The van der Waals surface area contributed by atoms with Crippen LogP contribution in [0.1, 0.15) is 36.2 Å². The quantitative estimate of drug-likeness (QED) is 0.650. The van der Waals surface area contributed by atoms with Crippen molar-refractivity contribution in [2.75, 3.05) is 0 Å². The van der Waals surface area contributed by atoms with Crippen LogP contribution in [0.3, 0.4) is 0 Å². The minimum absolute atomic E-state index is 0.166. The number of nitrogens with two attached hydrogens (primary N) is 1. The van der Waals surface area contributed by atoms with Crippen LogP contribution in [0, 0.1) is 6.92 Å². The highest BCUT2D eigenvalue weighted by molar-refractivity contribution is 6.31. The lowest BCUT2D eigenvalue weighted by Crippen LogP contribution is -2.31. The summed E-state index contributed by atoms with van der Waals surface area (Å²) < 4.78 is 1.87. The average molecular weight is 280 g/mol. The van der Waals surface area contributed by atoms with Gasteiger partial charge >= 0.3 is 0 Å². The van der Waals surface area contributed by atoms with Crippen LogP contribution in [-0.4, -0.2) is 15.0 Å². The summed E-state index contributed by atoms with van der Waals surface area (Å²) in [5.74, 6) is 5.72. The second-order valence-electron chi connectivity index (χ2n) is 4.44. The van der Waals surface area contributed by atoms with Crippen molar-refractivity contribution < 1.29 is 0 Å². The van der Waals surface area contributed by atoms with Crippen LogP contribution in [0.4, 0.5) is 0 Å². The van der Waals surface area contributed by atoms with Crippen molar-refractivity contribution in [2.45, 2.75) is 32.9 Å². The minimum Gasteiger partial charge on any atom is -0.271 e. The van der Waals surface area contributed by atoms with Crippen LogP contribution in [0.2, 0.25) is 5.02 Å². The summed E-state index contributed by atoms with van der Waals surface area (Å²) in [6, 6.07) is 5.63. The van der Waals surface area contributed by atoms with Crippen LogP contribution < -0.4 is 11.3 Å². The Labute approximate surface area is 117 Å². The van der Waals surface area contributed by atoms with Gasteiger partial charge in [0.25, 0.3) is 0 Å². The standard InChI is InChI=1S/C13H18ClN5/c1-3-7-19-12(8-16-18-19)13(17-15)10-5-4-6-11(14)9(10)2/h4-6,8,13,17H,3,7,15H2,1-2H3. The van der Waals surface area contributed by atoms with E-state index in [1.165, 1.54) is 0 Å². The highest BCUT2D eigenvalue weighted by Gasteiger charge is 2.20.